The van der Waals surface area contributed by atoms with Crippen LogP contribution in [-0.2, 0) is 6.42 Å². The average Bonchev–Trinajstić information content (AvgIpc) is 2.41. The number of hydrogen-bond donors (Lipinski definition) is 1. The van der Waals surface area contributed by atoms with Crippen LogP contribution in [0.4, 0.5) is 5.69 Å². The van der Waals surface area contributed by atoms with Crippen LogP contribution in [0.2, 0.25) is 0 Å². The molecule has 0 aliphatic heterocycles. The van der Waals surface area contributed by atoms with Gasteiger partial charge in [-0.05, 0) is 58.6 Å². The molecule has 0 aliphatic rings. The van der Waals surface area contributed by atoms with Crippen LogP contribution in [0.5, 0.6) is 0 Å². The number of anilines is 1. The van der Waals surface area contributed by atoms with Gasteiger partial charge in [-0.3, -0.25) is 4.79 Å². The normalized spacial score (nSPS) is 10.3. The number of halogens is 1. The van der Waals surface area contributed by atoms with Crippen LogP contribution in [-0.4, -0.2) is 5.91 Å². The predicted molar refractivity (Wildman–Crippen MR) is 87.3 cm³/mol. The monoisotopic (exact) mass is 331 g/mol. The first-order chi connectivity index (χ1) is 9.61. The third-order valence-corrected chi connectivity index (χ3v) is 3.81. The molecule has 0 radical (unpaired) electrons. The molecule has 2 rings (SSSR count). The van der Waals surface area contributed by atoms with Crippen molar-refractivity contribution in [1.82, 2.24) is 0 Å². The molecule has 0 aliphatic carbocycles. The van der Waals surface area contributed by atoms with Crippen molar-refractivity contribution in [3.8, 4) is 0 Å². The molecule has 2 aromatic rings. The molecule has 0 bridgehead atoms. The van der Waals surface area contributed by atoms with Crippen LogP contribution >= 0.6 is 15.9 Å². The van der Waals surface area contributed by atoms with Gasteiger partial charge < -0.3 is 5.32 Å². The minimum absolute atomic E-state index is 0.0829. The van der Waals surface area contributed by atoms with Crippen molar-refractivity contribution in [2.24, 2.45) is 0 Å². The summed E-state index contributed by atoms with van der Waals surface area (Å²) < 4.78 is 0.822. The molecule has 2 nitrogen and oxygen atoms in total. The summed E-state index contributed by atoms with van der Waals surface area (Å²) in [6.45, 7) is 4.14. The third kappa shape index (κ3) is 3.48. The molecule has 20 heavy (non-hydrogen) atoms. The van der Waals surface area contributed by atoms with Gasteiger partial charge in [-0.2, -0.15) is 0 Å². The molecule has 0 saturated carbocycles. The molecule has 0 fully saturated rings. The summed E-state index contributed by atoms with van der Waals surface area (Å²) >= 11 is 3.45. The maximum absolute atomic E-state index is 12.4. The number of hydrogen-bond acceptors (Lipinski definition) is 1. The average molecular weight is 332 g/mol. The van der Waals surface area contributed by atoms with E-state index in [9.17, 15) is 4.79 Å². The number of carbonyl (C=O) groups is 1. The number of carbonyl (C=O) groups excluding carboxylic acids is 1. The van der Waals surface area contributed by atoms with Gasteiger partial charge in [-0.1, -0.05) is 37.6 Å². The number of amides is 1. The summed E-state index contributed by atoms with van der Waals surface area (Å²) in [7, 11) is 0. The van der Waals surface area contributed by atoms with Gasteiger partial charge in [-0.25, -0.2) is 0 Å². The van der Waals surface area contributed by atoms with Crippen LogP contribution in [0.3, 0.4) is 0 Å². The Kier molecular flexibility index (Phi) is 4.96. The maximum atomic E-state index is 12.4. The van der Waals surface area contributed by atoms with E-state index in [1.54, 1.807) is 0 Å². The molecule has 1 amide bonds. The minimum Gasteiger partial charge on any atom is -0.322 e. The first-order valence-corrected chi connectivity index (χ1v) is 7.56. The van der Waals surface area contributed by atoms with E-state index in [1.807, 2.05) is 43.3 Å². The summed E-state index contributed by atoms with van der Waals surface area (Å²) in [6, 6.07) is 13.7. The molecule has 0 aromatic heterocycles. The fraction of sp³-hybridized carbons (Fsp3) is 0.235. The van der Waals surface area contributed by atoms with Crippen molar-refractivity contribution in [3.05, 3.63) is 63.6 Å². The Bertz CT molecular complexity index is 622. The minimum atomic E-state index is -0.0829. The summed E-state index contributed by atoms with van der Waals surface area (Å²) in [5.41, 5.74) is 3.85. The van der Waals surface area contributed by atoms with Gasteiger partial charge in [0.15, 0.2) is 0 Å². The van der Waals surface area contributed by atoms with E-state index in [-0.39, 0.29) is 5.91 Å². The second kappa shape index (κ2) is 6.71. The zero-order chi connectivity index (χ0) is 14.5. The fourth-order valence-electron chi connectivity index (χ4n) is 2.12. The highest BCUT2D eigenvalue weighted by Crippen LogP contribution is 2.22. The number of rotatable bonds is 4. The van der Waals surface area contributed by atoms with E-state index in [0.717, 1.165) is 28.6 Å². The highest BCUT2D eigenvalue weighted by molar-refractivity contribution is 9.10. The summed E-state index contributed by atoms with van der Waals surface area (Å²) in [5, 5.41) is 3.00. The van der Waals surface area contributed by atoms with E-state index < -0.39 is 0 Å². The Morgan fingerprint density at radius 1 is 1.20 bits per heavy atom. The highest BCUT2D eigenvalue weighted by Gasteiger charge is 2.11. The lowest BCUT2D eigenvalue weighted by Gasteiger charge is -2.11. The lowest BCUT2D eigenvalue weighted by Crippen LogP contribution is -2.14. The third-order valence-electron chi connectivity index (χ3n) is 3.15. The van der Waals surface area contributed by atoms with Crippen molar-refractivity contribution in [1.29, 1.82) is 0 Å². The van der Waals surface area contributed by atoms with E-state index in [1.165, 1.54) is 5.56 Å². The second-order valence-electron chi connectivity index (χ2n) is 4.84. The van der Waals surface area contributed by atoms with E-state index in [0.29, 0.717) is 5.56 Å². The zero-order valence-electron chi connectivity index (χ0n) is 11.7. The molecule has 0 atom stereocenters. The van der Waals surface area contributed by atoms with E-state index >= 15 is 0 Å². The van der Waals surface area contributed by atoms with Crippen molar-refractivity contribution < 1.29 is 4.79 Å². The van der Waals surface area contributed by atoms with Crippen LogP contribution < -0.4 is 5.32 Å². The molecule has 0 heterocycles. The van der Waals surface area contributed by atoms with Gasteiger partial charge in [0.2, 0.25) is 0 Å². The lowest BCUT2D eigenvalue weighted by molar-refractivity contribution is 0.102. The van der Waals surface area contributed by atoms with Gasteiger partial charge >= 0.3 is 0 Å². The number of nitrogens with one attached hydrogen (secondary N) is 1. The second-order valence-corrected chi connectivity index (χ2v) is 5.70. The van der Waals surface area contributed by atoms with Crippen molar-refractivity contribution in [2.45, 2.75) is 26.7 Å². The molecule has 1 N–H and O–H groups in total. The number of para-hydroxylation sites is 1. The predicted octanol–water partition coefficient (Wildman–Crippen LogP) is 4.96. The van der Waals surface area contributed by atoms with Crippen LogP contribution in [0.1, 0.15) is 34.8 Å². The van der Waals surface area contributed by atoms with Crippen molar-refractivity contribution in [2.75, 3.05) is 5.32 Å². The molecular formula is C17H18BrNO. The number of benzene rings is 2. The Morgan fingerprint density at radius 3 is 2.65 bits per heavy atom. The van der Waals surface area contributed by atoms with Gasteiger partial charge in [0, 0.05) is 10.2 Å². The largest absolute Gasteiger partial charge is 0.322 e. The molecular weight excluding hydrogens is 314 g/mol. The topological polar surface area (TPSA) is 29.1 Å². The Morgan fingerprint density at radius 2 is 1.95 bits per heavy atom. The Labute approximate surface area is 128 Å². The van der Waals surface area contributed by atoms with E-state index in [2.05, 4.69) is 34.2 Å². The highest BCUT2D eigenvalue weighted by atomic mass is 79.9. The van der Waals surface area contributed by atoms with Crippen molar-refractivity contribution >= 4 is 27.5 Å². The summed E-state index contributed by atoms with van der Waals surface area (Å²) in [6.07, 6.45) is 2.02. The van der Waals surface area contributed by atoms with Gasteiger partial charge in [0.25, 0.3) is 5.91 Å². The molecule has 0 spiro atoms. The van der Waals surface area contributed by atoms with Gasteiger partial charge in [0.05, 0.1) is 5.56 Å². The smallest absolute Gasteiger partial charge is 0.256 e. The first-order valence-electron chi connectivity index (χ1n) is 6.77. The van der Waals surface area contributed by atoms with Crippen LogP contribution in [0.15, 0.2) is 46.9 Å². The summed E-state index contributed by atoms with van der Waals surface area (Å²) in [4.78, 5) is 12.4. The zero-order valence-corrected chi connectivity index (χ0v) is 13.3. The molecule has 104 valence electrons. The van der Waals surface area contributed by atoms with Crippen LogP contribution in [0, 0.1) is 6.92 Å². The first kappa shape index (κ1) is 14.8. The molecule has 3 heteroatoms. The quantitative estimate of drug-likeness (QED) is 0.842. The summed E-state index contributed by atoms with van der Waals surface area (Å²) in [5.74, 6) is -0.0829. The van der Waals surface area contributed by atoms with Crippen molar-refractivity contribution in [3.63, 3.8) is 0 Å². The Balaban J connectivity index is 2.23. The fourth-order valence-corrected chi connectivity index (χ4v) is 2.80. The lowest BCUT2D eigenvalue weighted by atomic mass is 10.1. The molecule has 0 unspecified atom stereocenters. The molecule has 2 aromatic carbocycles. The van der Waals surface area contributed by atoms with E-state index in [4.69, 9.17) is 0 Å². The SMILES string of the molecule is CCCc1ccccc1NC(=O)c1ccc(C)cc1Br. The molecule has 0 saturated heterocycles. The Hall–Kier alpha value is -1.61. The van der Waals surface area contributed by atoms with Gasteiger partial charge in [0.1, 0.15) is 0 Å². The standard InChI is InChI=1S/C17H18BrNO/c1-3-6-13-7-4-5-8-16(13)19-17(20)14-10-9-12(2)11-15(14)18/h4-5,7-11H,3,6H2,1-2H3,(H,19,20). The van der Waals surface area contributed by atoms with Crippen LogP contribution in [0.25, 0.3) is 0 Å². The maximum Gasteiger partial charge on any atom is 0.256 e. The number of aryl methyl sites for hydroxylation is 2. The van der Waals surface area contributed by atoms with Gasteiger partial charge in [-0.15, -0.1) is 0 Å².